The van der Waals surface area contributed by atoms with Crippen LogP contribution in [0.25, 0.3) is 0 Å². The van der Waals surface area contributed by atoms with Gasteiger partial charge in [-0.05, 0) is 38.0 Å². The Morgan fingerprint density at radius 3 is 2.50 bits per heavy atom. The molecule has 1 amide bonds. The Bertz CT molecular complexity index is 492. The molecule has 0 aromatic rings. The van der Waals surface area contributed by atoms with Gasteiger partial charge in [0, 0.05) is 54.4 Å². The van der Waals surface area contributed by atoms with Crippen molar-refractivity contribution < 1.29 is 9.00 Å². The van der Waals surface area contributed by atoms with Gasteiger partial charge < -0.3 is 16.0 Å². The van der Waals surface area contributed by atoms with E-state index < -0.39 is 10.8 Å². The van der Waals surface area contributed by atoms with E-state index in [9.17, 15) is 9.00 Å². The van der Waals surface area contributed by atoms with Crippen LogP contribution in [0.1, 0.15) is 64.7 Å². The number of rotatable bonds is 8. The summed E-state index contributed by atoms with van der Waals surface area (Å²) >= 11 is 0. The lowest BCUT2D eigenvalue weighted by atomic mass is 9.95. The standard InChI is InChI=1S/C19H36N4O2S/c1-3-26(25)17-10-6-9-16(14-17)23-19(20-2)22-12-11-21-18(24)13-15-7-4-5-8-15/h15-17H,3-14H2,1-2H3,(H,21,24)(H2,20,22,23). The second-order valence-electron chi connectivity index (χ2n) is 7.50. The zero-order valence-electron chi connectivity index (χ0n) is 16.4. The molecule has 3 unspecified atom stereocenters. The number of amides is 1. The fraction of sp³-hybridized carbons (Fsp3) is 0.895. The molecule has 2 saturated carbocycles. The third-order valence-corrected chi connectivity index (χ3v) is 7.28. The number of nitrogens with one attached hydrogen (secondary N) is 3. The fourth-order valence-corrected chi connectivity index (χ4v) is 5.42. The van der Waals surface area contributed by atoms with Gasteiger partial charge in [-0.1, -0.05) is 26.2 Å². The van der Waals surface area contributed by atoms with Crippen LogP contribution in [-0.4, -0.2) is 53.3 Å². The Labute approximate surface area is 160 Å². The predicted octanol–water partition coefficient (Wildman–Crippen LogP) is 1.93. The normalized spacial score (nSPS) is 25.7. The highest BCUT2D eigenvalue weighted by Crippen LogP contribution is 2.27. The number of hydrogen-bond donors (Lipinski definition) is 3. The van der Waals surface area contributed by atoms with Crippen molar-refractivity contribution in [3.05, 3.63) is 0 Å². The Morgan fingerprint density at radius 1 is 1.08 bits per heavy atom. The highest BCUT2D eigenvalue weighted by Gasteiger charge is 2.26. The first-order valence-corrected chi connectivity index (χ1v) is 11.6. The summed E-state index contributed by atoms with van der Waals surface area (Å²) in [7, 11) is 1.05. The summed E-state index contributed by atoms with van der Waals surface area (Å²) in [6, 6.07) is 0.326. The average Bonchev–Trinajstić information content (AvgIpc) is 3.16. The summed E-state index contributed by atoms with van der Waals surface area (Å²) in [6.45, 7) is 3.27. The number of guanidine groups is 1. The van der Waals surface area contributed by atoms with Crippen molar-refractivity contribution >= 4 is 22.7 Å². The topological polar surface area (TPSA) is 82.6 Å². The number of carbonyl (C=O) groups excluding carboxylic acids is 1. The highest BCUT2D eigenvalue weighted by molar-refractivity contribution is 7.85. The molecule has 150 valence electrons. The maximum Gasteiger partial charge on any atom is 0.220 e. The Balaban J connectivity index is 1.62. The van der Waals surface area contributed by atoms with Gasteiger partial charge in [0.05, 0.1) is 0 Å². The first kappa shape index (κ1) is 21.2. The Morgan fingerprint density at radius 2 is 1.81 bits per heavy atom. The summed E-state index contributed by atoms with van der Waals surface area (Å²) in [5.41, 5.74) is 0. The minimum absolute atomic E-state index is 0.166. The molecule has 0 aliphatic heterocycles. The van der Waals surface area contributed by atoms with Gasteiger partial charge in [0.2, 0.25) is 5.91 Å². The van der Waals surface area contributed by atoms with Gasteiger partial charge >= 0.3 is 0 Å². The monoisotopic (exact) mass is 384 g/mol. The van der Waals surface area contributed by atoms with Gasteiger partial charge in [-0.15, -0.1) is 0 Å². The van der Waals surface area contributed by atoms with Crippen molar-refractivity contribution in [3.8, 4) is 0 Å². The van der Waals surface area contributed by atoms with E-state index in [2.05, 4.69) is 20.9 Å². The van der Waals surface area contributed by atoms with Crippen LogP contribution in [-0.2, 0) is 15.6 Å². The zero-order valence-corrected chi connectivity index (χ0v) is 17.2. The largest absolute Gasteiger partial charge is 0.355 e. The van der Waals surface area contributed by atoms with E-state index in [1.165, 1.54) is 25.7 Å². The van der Waals surface area contributed by atoms with Crippen LogP contribution in [0.4, 0.5) is 0 Å². The molecule has 0 spiro atoms. The Kier molecular flexibility index (Phi) is 9.43. The molecule has 0 aromatic carbocycles. The molecule has 7 heteroatoms. The molecular formula is C19H36N4O2S. The summed E-state index contributed by atoms with van der Waals surface area (Å²) in [5, 5.41) is 10.0. The summed E-state index contributed by atoms with van der Waals surface area (Å²) in [5.74, 6) is 2.26. The van der Waals surface area contributed by atoms with E-state index in [1.807, 2.05) is 6.92 Å². The quantitative estimate of drug-likeness (QED) is 0.339. The van der Waals surface area contributed by atoms with Crippen LogP contribution < -0.4 is 16.0 Å². The van der Waals surface area contributed by atoms with Gasteiger partial charge in [-0.25, -0.2) is 0 Å². The van der Waals surface area contributed by atoms with Crippen LogP contribution in [0, 0.1) is 5.92 Å². The second kappa shape index (κ2) is 11.6. The van der Waals surface area contributed by atoms with Gasteiger partial charge in [0.25, 0.3) is 0 Å². The van der Waals surface area contributed by atoms with E-state index in [0.717, 1.165) is 37.4 Å². The Hall–Kier alpha value is -1.11. The number of nitrogens with zero attached hydrogens (tertiary/aromatic N) is 1. The third-order valence-electron chi connectivity index (χ3n) is 5.54. The molecule has 2 aliphatic rings. The highest BCUT2D eigenvalue weighted by atomic mass is 32.2. The third kappa shape index (κ3) is 7.25. The van der Waals surface area contributed by atoms with Crippen LogP contribution in [0.5, 0.6) is 0 Å². The second-order valence-corrected chi connectivity index (χ2v) is 9.51. The maximum absolute atomic E-state index is 12.1. The van der Waals surface area contributed by atoms with Crippen LogP contribution >= 0.6 is 0 Å². The number of aliphatic imine (C=N–C) groups is 1. The smallest absolute Gasteiger partial charge is 0.220 e. The van der Waals surface area contributed by atoms with E-state index in [1.54, 1.807) is 7.05 Å². The molecule has 3 atom stereocenters. The van der Waals surface area contributed by atoms with Gasteiger partial charge in [0.15, 0.2) is 5.96 Å². The van der Waals surface area contributed by atoms with Crippen molar-refractivity contribution in [2.45, 2.75) is 76.0 Å². The minimum atomic E-state index is -0.713. The zero-order chi connectivity index (χ0) is 18.8. The molecule has 0 radical (unpaired) electrons. The van der Waals surface area contributed by atoms with Gasteiger partial charge in [-0.2, -0.15) is 0 Å². The fourth-order valence-electron chi connectivity index (χ4n) is 4.07. The van der Waals surface area contributed by atoms with Crippen molar-refractivity contribution in [2.24, 2.45) is 10.9 Å². The summed E-state index contributed by atoms with van der Waals surface area (Å²) in [4.78, 5) is 16.2. The number of carbonyl (C=O) groups is 1. The molecule has 0 bridgehead atoms. The van der Waals surface area contributed by atoms with Crippen LogP contribution in [0.3, 0.4) is 0 Å². The van der Waals surface area contributed by atoms with Crippen molar-refractivity contribution in [1.29, 1.82) is 0 Å². The first-order chi connectivity index (χ1) is 12.6. The predicted molar refractivity (Wildman–Crippen MR) is 109 cm³/mol. The molecular weight excluding hydrogens is 348 g/mol. The van der Waals surface area contributed by atoms with E-state index in [-0.39, 0.29) is 5.91 Å². The van der Waals surface area contributed by atoms with Crippen LogP contribution in [0.15, 0.2) is 4.99 Å². The van der Waals surface area contributed by atoms with E-state index in [0.29, 0.717) is 36.7 Å². The van der Waals surface area contributed by atoms with Crippen molar-refractivity contribution in [1.82, 2.24) is 16.0 Å². The molecule has 0 saturated heterocycles. The van der Waals surface area contributed by atoms with Crippen molar-refractivity contribution in [3.63, 3.8) is 0 Å². The summed E-state index contributed by atoms with van der Waals surface area (Å²) < 4.78 is 12.1. The van der Waals surface area contributed by atoms with Gasteiger partial charge in [-0.3, -0.25) is 14.0 Å². The van der Waals surface area contributed by atoms with Crippen LogP contribution in [0.2, 0.25) is 0 Å². The molecule has 2 fully saturated rings. The molecule has 0 heterocycles. The SMILES string of the molecule is CCS(=O)C1CCCC(NC(=NC)NCCNC(=O)CC2CCCC2)C1. The molecule has 0 aromatic heterocycles. The molecule has 2 aliphatic carbocycles. The van der Waals surface area contributed by atoms with E-state index in [4.69, 9.17) is 0 Å². The van der Waals surface area contributed by atoms with Gasteiger partial charge in [0.1, 0.15) is 0 Å². The van der Waals surface area contributed by atoms with Crippen molar-refractivity contribution in [2.75, 3.05) is 25.9 Å². The average molecular weight is 385 g/mol. The summed E-state index contributed by atoms with van der Waals surface area (Å²) in [6.07, 6.45) is 9.84. The first-order valence-electron chi connectivity index (χ1n) is 10.2. The molecule has 26 heavy (non-hydrogen) atoms. The molecule has 2 rings (SSSR count). The lowest BCUT2D eigenvalue weighted by Crippen LogP contribution is -2.48. The lowest BCUT2D eigenvalue weighted by molar-refractivity contribution is -0.121. The molecule has 6 nitrogen and oxygen atoms in total. The maximum atomic E-state index is 12.1. The van der Waals surface area contributed by atoms with E-state index >= 15 is 0 Å². The molecule has 3 N–H and O–H groups in total. The lowest BCUT2D eigenvalue weighted by Gasteiger charge is -2.30. The minimum Gasteiger partial charge on any atom is -0.355 e. The number of hydrogen-bond acceptors (Lipinski definition) is 3.